The van der Waals surface area contributed by atoms with Gasteiger partial charge >= 0.3 is 0 Å². The van der Waals surface area contributed by atoms with Crippen LogP contribution in [0.2, 0.25) is 0 Å². The quantitative estimate of drug-likeness (QED) is 0.200. The van der Waals surface area contributed by atoms with Crippen molar-refractivity contribution in [3.8, 4) is 6.07 Å². The molecule has 44 heavy (non-hydrogen) atoms. The number of nitriles is 1. The maximum atomic E-state index is 9.54. The van der Waals surface area contributed by atoms with Crippen molar-refractivity contribution in [1.82, 2.24) is 0 Å². The summed E-state index contributed by atoms with van der Waals surface area (Å²) in [6.07, 6.45) is 16.6. The molecule has 3 aliphatic rings. The molecule has 3 nitrogen and oxygen atoms in total. The van der Waals surface area contributed by atoms with E-state index in [1.165, 1.54) is 60.5 Å². The lowest BCUT2D eigenvalue weighted by atomic mass is 9.82. The van der Waals surface area contributed by atoms with Gasteiger partial charge < -0.3 is 9.80 Å². The first-order chi connectivity index (χ1) is 21.8. The van der Waals surface area contributed by atoms with Crippen LogP contribution >= 0.6 is 0 Å². The summed E-state index contributed by atoms with van der Waals surface area (Å²) in [5.41, 5.74) is 8.24. The van der Waals surface area contributed by atoms with Crippen molar-refractivity contribution >= 4 is 55.1 Å². The van der Waals surface area contributed by atoms with Gasteiger partial charge in [-0.1, -0.05) is 97.1 Å². The largest absolute Gasteiger partial charge is 0.340 e. The lowest BCUT2D eigenvalue weighted by molar-refractivity contribution is 0.641. The third kappa shape index (κ3) is 3.68. The smallest absolute Gasteiger partial charge is 0.0991 e. The Morgan fingerprint density at radius 2 is 1.48 bits per heavy atom. The van der Waals surface area contributed by atoms with Crippen molar-refractivity contribution in [2.45, 2.75) is 12.5 Å². The molecule has 0 amide bonds. The minimum Gasteiger partial charge on any atom is -0.340 e. The van der Waals surface area contributed by atoms with Crippen LogP contribution in [0.5, 0.6) is 0 Å². The molecule has 3 heteroatoms. The van der Waals surface area contributed by atoms with Crippen LogP contribution in [-0.4, -0.2) is 12.6 Å². The predicted octanol–water partition coefficient (Wildman–Crippen LogP) is 9.89. The summed E-state index contributed by atoms with van der Waals surface area (Å²) in [6.45, 7) is 0.994. The molecule has 0 spiro atoms. The Labute approximate surface area is 256 Å². The molecule has 0 radical (unpaired) electrons. The van der Waals surface area contributed by atoms with E-state index in [1.54, 1.807) is 0 Å². The van der Waals surface area contributed by atoms with Gasteiger partial charge in [0.1, 0.15) is 0 Å². The Balaban J connectivity index is 1.28. The van der Waals surface area contributed by atoms with Crippen molar-refractivity contribution in [2.75, 3.05) is 16.3 Å². The zero-order valence-corrected chi connectivity index (χ0v) is 24.2. The lowest BCUT2D eigenvalue weighted by Crippen LogP contribution is -2.37. The van der Waals surface area contributed by atoms with E-state index in [-0.39, 0.29) is 12.0 Å². The molecule has 0 aromatic heterocycles. The Kier molecular flexibility index (Phi) is 5.52. The Hall–Kier alpha value is -5.59. The van der Waals surface area contributed by atoms with E-state index in [4.69, 9.17) is 0 Å². The average Bonchev–Trinajstić information content (AvgIpc) is 3.52. The Bertz CT molecular complexity index is 2260. The van der Waals surface area contributed by atoms with E-state index in [1.807, 2.05) is 12.1 Å². The number of nitrogens with zero attached hydrogens (tertiary/aromatic N) is 3. The second-order valence-electron chi connectivity index (χ2n) is 12.0. The minimum atomic E-state index is 0.0827. The van der Waals surface area contributed by atoms with Gasteiger partial charge in [-0.15, -0.1) is 0 Å². The molecule has 1 heterocycles. The fraction of sp³-hybridized carbons (Fsp3) is 0.0976. The normalized spacial score (nSPS) is 18.5. The molecular weight excluding hydrogens is 534 g/mol. The molecule has 0 N–H and O–H groups in total. The minimum absolute atomic E-state index is 0.0827. The van der Waals surface area contributed by atoms with E-state index in [9.17, 15) is 5.26 Å². The Morgan fingerprint density at radius 3 is 2.34 bits per heavy atom. The topological polar surface area (TPSA) is 30.3 Å². The van der Waals surface area contributed by atoms with Crippen LogP contribution in [0, 0.1) is 17.2 Å². The first kappa shape index (κ1) is 25.0. The zero-order valence-electron chi connectivity index (χ0n) is 24.2. The fourth-order valence-electron chi connectivity index (χ4n) is 7.67. The monoisotopic (exact) mass is 563 g/mol. The highest BCUT2D eigenvalue weighted by Crippen LogP contribution is 2.47. The molecule has 1 aliphatic heterocycles. The summed E-state index contributed by atoms with van der Waals surface area (Å²) in [5.74, 6) is 0.223. The highest BCUT2D eigenvalue weighted by atomic mass is 15.2. The highest BCUT2D eigenvalue weighted by Gasteiger charge is 2.31. The predicted molar refractivity (Wildman–Crippen MR) is 183 cm³/mol. The third-order valence-electron chi connectivity index (χ3n) is 9.70. The van der Waals surface area contributed by atoms with Crippen molar-refractivity contribution in [3.63, 3.8) is 0 Å². The molecular formula is C41H29N3. The number of hydrogen-bond acceptors (Lipinski definition) is 3. The standard InChI is InChI=1S/C41H29N3/c42-26-27-12-18-32(19-13-27)44(38-11-5-8-28-6-1-3-9-33(28)38)39-23-17-31-14-20-34-37(43-25-24-29-7-2-4-10-36(29)43)22-16-30-15-21-35(39)41(31)40(30)34/h1-23,33,38H,24-25H2. The number of hydrogen-bond donors (Lipinski definition) is 0. The number of rotatable bonds is 4. The van der Waals surface area contributed by atoms with E-state index in [0.717, 1.165) is 18.7 Å². The molecule has 6 aromatic rings. The fourth-order valence-corrected chi connectivity index (χ4v) is 7.67. The van der Waals surface area contributed by atoms with E-state index < -0.39 is 0 Å². The number of anilines is 4. The lowest BCUT2D eigenvalue weighted by Gasteiger charge is -2.39. The molecule has 0 bridgehead atoms. The first-order valence-corrected chi connectivity index (χ1v) is 15.4. The van der Waals surface area contributed by atoms with Crippen LogP contribution in [0.25, 0.3) is 32.3 Å². The van der Waals surface area contributed by atoms with Gasteiger partial charge in [-0.25, -0.2) is 0 Å². The van der Waals surface area contributed by atoms with Gasteiger partial charge in [-0.2, -0.15) is 5.26 Å². The highest BCUT2D eigenvalue weighted by molar-refractivity contribution is 6.27. The average molecular weight is 564 g/mol. The van der Waals surface area contributed by atoms with Gasteiger partial charge in [-0.05, 0) is 81.6 Å². The van der Waals surface area contributed by atoms with Gasteiger partial charge in [0.2, 0.25) is 0 Å². The molecule has 2 atom stereocenters. The summed E-state index contributed by atoms with van der Waals surface area (Å²) in [4.78, 5) is 4.97. The summed E-state index contributed by atoms with van der Waals surface area (Å²) in [6, 6.07) is 37.6. The number of para-hydroxylation sites is 1. The summed E-state index contributed by atoms with van der Waals surface area (Å²) >= 11 is 0. The third-order valence-corrected chi connectivity index (χ3v) is 9.70. The first-order valence-electron chi connectivity index (χ1n) is 15.4. The van der Waals surface area contributed by atoms with Crippen molar-refractivity contribution < 1.29 is 0 Å². The van der Waals surface area contributed by atoms with E-state index in [0.29, 0.717) is 5.56 Å². The maximum Gasteiger partial charge on any atom is 0.0991 e. The van der Waals surface area contributed by atoms with Crippen LogP contribution < -0.4 is 9.80 Å². The summed E-state index contributed by atoms with van der Waals surface area (Å²) in [5, 5.41) is 17.2. The maximum absolute atomic E-state index is 9.54. The molecule has 0 fully saturated rings. The molecule has 208 valence electrons. The van der Waals surface area contributed by atoms with Crippen LogP contribution in [0.4, 0.5) is 22.7 Å². The second-order valence-corrected chi connectivity index (χ2v) is 12.0. The molecule has 0 saturated carbocycles. The van der Waals surface area contributed by atoms with Crippen LogP contribution in [0.1, 0.15) is 11.1 Å². The summed E-state index contributed by atoms with van der Waals surface area (Å²) in [7, 11) is 0. The molecule has 0 saturated heterocycles. The van der Waals surface area contributed by atoms with Crippen molar-refractivity contribution in [2.24, 2.45) is 5.92 Å². The number of allylic oxidation sites excluding steroid dienone is 5. The zero-order chi connectivity index (χ0) is 29.2. The molecule has 9 rings (SSSR count). The Morgan fingerprint density at radius 1 is 0.705 bits per heavy atom. The molecule has 2 unspecified atom stereocenters. The second kappa shape index (κ2) is 9.73. The molecule has 6 aromatic carbocycles. The van der Waals surface area contributed by atoms with E-state index >= 15 is 0 Å². The summed E-state index contributed by atoms with van der Waals surface area (Å²) < 4.78 is 0. The van der Waals surface area contributed by atoms with Gasteiger partial charge in [-0.3, -0.25) is 0 Å². The SMILES string of the molecule is N#Cc1ccc(N(c2ccc3ccc4c(N5CCc6ccccc65)ccc5ccc2c3c54)C2C=CC=C3C=CC=CC32)cc1. The van der Waals surface area contributed by atoms with E-state index in [2.05, 4.69) is 143 Å². The van der Waals surface area contributed by atoms with Crippen LogP contribution in [0.3, 0.4) is 0 Å². The van der Waals surface area contributed by atoms with Gasteiger partial charge in [0.15, 0.2) is 0 Å². The van der Waals surface area contributed by atoms with Crippen LogP contribution in [0.15, 0.2) is 145 Å². The number of benzene rings is 6. The van der Waals surface area contributed by atoms with Gasteiger partial charge in [0, 0.05) is 46.0 Å². The van der Waals surface area contributed by atoms with Gasteiger partial charge in [0.25, 0.3) is 0 Å². The van der Waals surface area contributed by atoms with Gasteiger partial charge in [0.05, 0.1) is 17.7 Å². The number of fused-ring (bicyclic) bond motifs is 2. The molecule has 2 aliphatic carbocycles. The van der Waals surface area contributed by atoms with Crippen LogP contribution in [-0.2, 0) is 6.42 Å². The van der Waals surface area contributed by atoms with Crippen molar-refractivity contribution in [1.29, 1.82) is 5.26 Å². The van der Waals surface area contributed by atoms with Crippen molar-refractivity contribution in [3.05, 3.63) is 156 Å².